The molecule has 0 saturated heterocycles. The summed E-state index contributed by atoms with van der Waals surface area (Å²) in [5, 5.41) is 2.72. The van der Waals surface area contributed by atoms with Crippen molar-refractivity contribution in [3.05, 3.63) is 184 Å². The van der Waals surface area contributed by atoms with Gasteiger partial charge in [0.2, 0.25) is 0 Å². The molecule has 0 bridgehead atoms. The maximum absolute atomic E-state index is 2.75. The van der Waals surface area contributed by atoms with Crippen LogP contribution >= 0.6 is 0 Å². The fourth-order valence-corrected chi connectivity index (χ4v) is 14.0. The van der Waals surface area contributed by atoms with Gasteiger partial charge in [-0.3, -0.25) is 0 Å². The van der Waals surface area contributed by atoms with Crippen LogP contribution in [0.25, 0.3) is 72.0 Å². The van der Waals surface area contributed by atoms with Gasteiger partial charge in [-0.05, 0) is 142 Å². The van der Waals surface area contributed by atoms with Crippen LogP contribution in [0.4, 0.5) is 11.4 Å². The van der Waals surface area contributed by atoms with Gasteiger partial charge < -0.3 is 9.38 Å². The van der Waals surface area contributed by atoms with E-state index in [1.165, 1.54) is 139 Å². The van der Waals surface area contributed by atoms with E-state index in [2.05, 4.69) is 232 Å². The molecule has 2 aliphatic heterocycles. The second-order valence-electron chi connectivity index (χ2n) is 24.6. The highest BCUT2D eigenvalue weighted by atomic mass is 15.1. The van der Waals surface area contributed by atoms with Crippen molar-refractivity contribution in [2.45, 2.75) is 110 Å². The topological polar surface area (TPSA) is 8.17 Å². The highest BCUT2D eigenvalue weighted by Crippen LogP contribution is 2.58. The third-order valence-corrected chi connectivity index (χ3v) is 17.7. The molecule has 5 aliphatic rings. The van der Waals surface area contributed by atoms with Gasteiger partial charge in [0.25, 0.3) is 0 Å². The SMILES string of the molecule is CC(C)(C)c1ccc(N2B3c4cc5c(cc4-n4c6ccc7c(c6c6ccc(c3c64)-c3cc4c(cc32)-c2ccc(C(C)(C)C)cc2C4(C)C)-c2ccccc2C7(C)C)-c2ccccc2C5(C)C)cc1. The summed E-state index contributed by atoms with van der Waals surface area (Å²) in [4.78, 5) is 2.75. The van der Waals surface area contributed by atoms with E-state index < -0.39 is 0 Å². The van der Waals surface area contributed by atoms with Gasteiger partial charge in [0.05, 0.1) is 11.0 Å². The summed E-state index contributed by atoms with van der Waals surface area (Å²) in [6.45, 7) is 28.5. The molecule has 0 spiro atoms. The number of aromatic nitrogens is 1. The number of nitrogens with zero attached hydrogens (tertiary/aromatic N) is 2. The summed E-state index contributed by atoms with van der Waals surface area (Å²) < 4.78 is 2.70. The van der Waals surface area contributed by atoms with Crippen LogP contribution in [-0.4, -0.2) is 11.4 Å². The fourth-order valence-electron chi connectivity index (χ4n) is 14.0. The van der Waals surface area contributed by atoms with Crippen molar-refractivity contribution in [2.75, 3.05) is 4.81 Å². The molecule has 0 N–H and O–H groups in total. The second-order valence-corrected chi connectivity index (χ2v) is 24.6. The van der Waals surface area contributed by atoms with Crippen molar-refractivity contribution < 1.29 is 0 Å². The van der Waals surface area contributed by atoms with E-state index in [4.69, 9.17) is 0 Å². The van der Waals surface area contributed by atoms with Gasteiger partial charge >= 0.3 is 6.85 Å². The van der Waals surface area contributed by atoms with Gasteiger partial charge in [0.15, 0.2) is 0 Å². The first-order chi connectivity index (χ1) is 32.3. The molecule has 0 fully saturated rings. The monoisotopic (exact) mass is 878 g/mol. The van der Waals surface area contributed by atoms with Crippen molar-refractivity contribution in [3.63, 3.8) is 0 Å². The number of hydrogen-bond donors (Lipinski definition) is 0. The molecule has 0 saturated carbocycles. The number of rotatable bonds is 1. The van der Waals surface area contributed by atoms with Crippen LogP contribution in [0, 0.1) is 0 Å². The summed E-state index contributed by atoms with van der Waals surface area (Å²) in [7, 11) is 0. The molecule has 0 radical (unpaired) electrons. The minimum absolute atomic E-state index is 0.0338. The number of anilines is 2. The van der Waals surface area contributed by atoms with Crippen molar-refractivity contribution in [1.29, 1.82) is 0 Å². The van der Waals surface area contributed by atoms with Crippen LogP contribution in [0.15, 0.2) is 140 Å². The number of benzene rings is 8. The van der Waals surface area contributed by atoms with Crippen LogP contribution in [0.5, 0.6) is 0 Å². The lowest BCUT2D eigenvalue weighted by Gasteiger charge is -2.43. The quantitative estimate of drug-likeness (QED) is 0.149. The molecule has 9 aromatic rings. The zero-order valence-corrected chi connectivity index (χ0v) is 41.8. The van der Waals surface area contributed by atoms with Crippen molar-refractivity contribution in [2.24, 2.45) is 0 Å². The fraction of sp³-hybridized carbons (Fsp3) is 0.262. The van der Waals surface area contributed by atoms with Crippen LogP contribution in [-0.2, 0) is 27.1 Å². The lowest BCUT2D eigenvalue weighted by atomic mass is 9.43. The van der Waals surface area contributed by atoms with E-state index in [0.717, 1.165) is 0 Å². The first kappa shape index (κ1) is 40.5. The molecular formula is C65H59BN2. The lowest BCUT2D eigenvalue weighted by Crippen LogP contribution is -2.60. The summed E-state index contributed by atoms with van der Waals surface area (Å²) in [5.74, 6) is 0. The van der Waals surface area contributed by atoms with Gasteiger partial charge in [-0.2, -0.15) is 0 Å². The summed E-state index contributed by atoms with van der Waals surface area (Å²) >= 11 is 0. The maximum atomic E-state index is 2.75. The largest absolute Gasteiger partial charge is 0.376 e. The minimum atomic E-state index is -0.165. The van der Waals surface area contributed by atoms with E-state index in [1.54, 1.807) is 0 Å². The smallest absolute Gasteiger partial charge is 0.333 e. The molecule has 2 nitrogen and oxygen atoms in total. The Bertz CT molecular complexity index is 3780. The van der Waals surface area contributed by atoms with Gasteiger partial charge in [0, 0.05) is 49.6 Å². The Morgan fingerprint density at radius 3 is 1.69 bits per heavy atom. The first-order valence-electron chi connectivity index (χ1n) is 25.0. The standard InChI is InChI=1S/C65H59BN2/c1-61(2,3)36-21-24-38(25-22-36)68-55-33-44-40-26-23-37(62(4,5)6)31-50(40)65(11,12)51(44)32-46(55)41-27-28-43-58-54(30-29-49-57(58)42-18-14-16-20-48(42)63(49,7)8)67-56-34-45-39-17-13-15-19-47(39)64(9,10)52(45)35-53(56)66(68)59(41)60(43)67/h13-35H,1-12H3. The molecule has 3 heteroatoms. The van der Waals surface area contributed by atoms with E-state index in [0.29, 0.717) is 0 Å². The predicted molar refractivity (Wildman–Crippen MR) is 290 cm³/mol. The molecule has 3 heterocycles. The van der Waals surface area contributed by atoms with E-state index >= 15 is 0 Å². The van der Waals surface area contributed by atoms with E-state index in [9.17, 15) is 0 Å². The summed E-state index contributed by atoms with van der Waals surface area (Å²) in [6.07, 6.45) is 0. The van der Waals surface area contributed by atoms with Crippen LogP contribution in [0.3, 0.4) is 0 Å². The average Bonchev–Trinajstić information content (AvgIpc) is 3.93. The molecule has 0 amide bonds. The molecule has 14 rings (SSSR count). The Hall–Kier alpha value is -6.58. The summed E-state index contributed by atoms with van der Waals surface area (Å²) in [6, 6.07) is 55.6. The number of hydrogen-bond acceptors (Lipinski definition) is 1. The Balaban J connectivity index is 1.14. The lowest BCUT2D eigenvalue weighted by molar-refractivity contribution is 0.584. The van der Waals surface area contributed by atoms with E-state index in [1.807, 2.05) is 0 Å². The van der Waals surface area contributed by atoms with Crippen molar-refractivity contribution in [3.8, 4) is 50.2 Å². The zero-order chi connectivity index (χ0) is 46.9. The molecule has 1 aromatic heterocycles. The van der Waals surface area contributed by atoms with Gasteiger partial charge in [-0.15, -0.1) is 0 Å². The van der Waals surface area contributed by atoms with Crippen LogP contribution in [0.1, 0.15) is 128 Å². The second kappa shape index (κ2) is 12.5. The van der Waals surface area contributed by atoms with Crippen LogP contribution < -0.4 is 15.7 Å². The Kier molecular flexibility index (Phi) is 7.47. The maximum Gasteiger partial charge on any atom is 0.333 e. The third kappa shape index (κ3) is 4.85. The van der Waals surface area contributed by atoms with Gasteiger partial charge in [0.1, 0.15) is 0 Å². The molecule has 68 heavy (non-hydrogen) atoms. The van der Waals surface area contributed by atoms with E-state index in [-0.39, 0.29) is 33.9 Å². The predicted octanol–water partition coefficient (Wildman–Crippen LogP) is 15.5. The normalized spacial score (nSPS) is 16.8. The molecule has 3 aliphatic carbocycles. The minimum Gasteiger partial charge on any atom is -0.376 e. The highest BCUT2D eigenvalue weighted by molar-refractivity contribution is 6.93. The molecule has 0 atom stereocenters. The third-order valence-electron chi connectivity index (χ3n) is 17.7. The molecule has 8 aromatic carbocycles. The van der Waals surface area contributed by atoms with Crippen molar-refractivity contribution in [1.82, 2.24) is 4.57 Å². The highest BCUT2D eigenvalue weighted by Gasteiger charge is 2.49. The van der Waals surface area contributed by atoms with Gasteiger partial charge in [-0.25, -0.2) is 0 Å². The zero-order valence-electron chi connectivity index (χ0n) is 41.8. The van der Waals surface area contributed by atoms with Gasteiger partial charge in [-0.1, -0.05) is 186 Å². The number of fused-ring (bicyclic) bond motifs is 18. The first-order valence-corrected chi connectivity index (χ1v) is 25.0. The average molecular weight is 879 g/mol. The molecular weight excluding hydrogens is 820 g/mol. The van der Waals surface area contributed by atoms with Crippen molar-refractivity contribution >= 4 is 51.0 Å². The Morgan fingerprint density at radius 1 is 0.426 bits per heavy atom. The van der Waals surface area contributed by atoms with Crippen LogP contribution in [0.2, 0.25) is 0 Å². The Labute approximate surface area is 402 Å². The summed E-state index contributed by atoms with van der Waals surface area (Å²) in [5.41, 5.74) is 31.0. The molecule has 332 valence electrons. The molecule has 0 unspecified atom stereocenters. The Morgan fingerprint density at radius 2 is 0.985 bits per heavy atom.